The summed E-state index contributed by atoms with van der Waals surface area (Å²) in [6, 6.07) is 10.0. The highest BCUT2D eigenvalue weighted by atomic mass is 16.6. The fourth-order valence-corrected chi connectivity index (χ4v) is 2.81. The molecule has 9 heteroatoms. The van der Waals surface area contributed by atoms with Crippen molar-refractivity contribution in [3.05, 3.63) is 63.7 Å². The van der Waals surface area contributed by atoms with Gasteiger partial charge in [-0.05, 0) is 36.4 Å². The lowest BCUT2D eigenvalue weighted by Gasteiger charge is -2.28. The van der Waals surface area contributed by atoms with E-state index in [1.807, 2.05) is 4.90 Å². The van der Waals surface area contributed by atoms with E-state index in [1.165, 1.54) is 43.5 Å². The number of esters is 2. The van der Waals surface area contributed by atoms with Crippen LogP contribution in [0, 0.1) is 10.1 Å². The van der Waals surface area contributed by atoms with Gasteiger partial charge in [0.05, 0.1) is 36.4 Å². The Labute approximate surface area is 160 Å². The summed E-state index contributed by atoms with van der Waals surface area (Å²) in [5.41, 5.74) is 0.637. The largest absolute Gasteiger partial charge is 0.465 e. The third kappa shape index (κ3) is 4.26. The van der Waals surface area contributed by atoms with Crippen molar-refractivity contribution in [3.63, 3.8) is 0 Å². The minimum Gasteiger partial charge on any atom is -0.465 e. The molecule has 0 bridgehead atoms. The molecule has 0 spiro atoms. The van der Waals surface area contributed by atoms with Crippen molar-refractivity contribution in [3.8, 4) is 5.75 Å². The minimum absolute atomic E-state index is 0.0563. The van der Waals surface area contributed by atoms with Gasteiger partial charge in [-0.25, -0.2) is 9.59 Å². The molecule has 146 valence electrons. The highest BCUT2D eigenvalue weighted by Crippen LogP contribution is 2.30. The van der Waals surface area contributed by atoms with Gasteiger partial charge in [-0.1, -0.05) is 0 Å². The van der Waals surface area contributed by atoms with E-state index < -0.39 is 16.9 Å². The highest BCUT2D eigenvalue weighted by Gasteiger charge is 2.24. The predicted molar refractivity (Wildman–Crippen MR) is 98.9 cm³/mol. The molecule has 0 N–H and O–H groups in total. The summed E-state index contributed by atoms with van der Waals surface area (Å²) >= 11 is 0. The second kappa shape index (κ2) is 8.49. The number of carbonyl (C=O) groups excluding carboxylic acids is 2. The maximum absolute atomic E-state index is 12.4. The second-order valence-corrected chi connectivity index (χ2v) is 5.97. The molecule has 0 amide bonds. The molecule has 9 nitrogen and oxygen atoms in total. The van der Waals surface area contributed by atoms with Crippen molar-refractivity contribution in [1.29, 1.82) is 0 Å². The first-order valence-electron chi connectivity index (χ1n) is 8.51. The first-order chi connectivity index (χ1) is 13.5. The minimum atomic E-state index is -0.734. The van der Waals surface area contributed by atoms with Crippen LogP contribution in [0.3, 0.4) is 0 Å². The quantitative estimate of drug-likeness (QED) is 0.334. The smallest absolute Gasteiger partial charge is 0.343 e. The van der Waals surface area contributed by atoms with Gasteiger partial charge >= 0.3 is 11.9 Å². The van der Waals surface area contributed by atoms with E-state index in [-0.39, 0.29) is 17.0 Å². The molecule has 0 aromatic heterocycles. The summed E-state index contributed by atoms with van der Waals surface area (Å²) in [6.07, 6.45) is 0. The van der Waals surface area contributed by atoms with Gasteiger partial charge in [0.2, 0.25) is 0 Å². The molecular formula is C19H18N2O7. The van der Waals surface area contributed by atoms with Crippen LogP contribution in [-0.4, -0.2) is 50.3 Å². The van der Waals surface area contributed by atoms with Crippen LogP contribution in [0.2, 0.25) is 0 Å². The number of hydrogen-bond acceptors (Lipinski definition) is 8. The number of ether oxygens (including phenoxy) is 3. The Hall–Kier alpha value is -3.46. The van der Waals surface area contributed by atoms with Crippen molar-refractivity contribution in [2.45, 2.75) is 0 Å². The molecule has 1 heterocycles. The Balaban J connectivity index is 1.78. The average Bonchev–Trinajstić information content (AvgIpc) is 2.73. The SMILES string of the molecule is COC(=O)c1ccc(OC(=O)c2ccc(N3CCOCC3)c([N+](=O)[O-])c2)cc1. The number of benzene rings is 2. The van der Waals surface area contributed by atoms with Crippen LogP contribution >= 0.6 is 0 Å². The van der Waals surface area contributed by atoms with Crippen LogP contribution in [-0.2, 0) is 9.47 Å². The van der Waals surface area contributed by atoms with Gasteiger partial charge in [0, 0.05) is 19.2 Å². The van der Waals surface area contributed by atoms with E-state index >= 15 is 0 Å². The summed E-state index contributed by atoms with van der Waals surface area (Å²) < 4.78 is 15.1. The van der Waals surface area contributed by atoms with Crippen LogP contribution in [0.15, 0.2) is 42.5 Å². The Morgan fingerprint density at radius 1 is 1.04 bits per heavy atom. The molecule has 1 saturated heterocycles. The maximum Gasteiger partial charge on any atom is 0.343 e. The molecule has 2 aromatic carbocycles. The fraction of sp³-hybridized carbons (Fsp3) is 0.263. The van der Waals surface area contributed by atoms with Crippen molar-refractivity contribution >= 4 is 23.3 Å². The third-order valence-corrected chi connectivity index (χ3v) is 4.25. The Morgan fingerprint density at radius 2 is 1.68 bits per heavy atom. The summed E-state index contributed by atoms with van der Waals surface area (Å²) in [7, 11) is 1.27. The number of carbonyl (C=O) groups is 2. The van der Waals surface area contributed by atoms with Crippen molar-refractivity contribution in [2.75, 3.05) is 38.3 Å². The monoisotopic (exact) mass is 386 g/mol. The molecule has 0 radical (unpaired) electrons. The predicted octanol–water partition coefficient (Wildman–Crippen LogP) is 2.44. The van der Waals surface area contributed by atoms with Gasteiger partial charge in [-0.15, -0.1) is 0 Å². The Morgan fingerprint density at radius 3 is 2.29 bits per heavy atom. The van der Waals surface area contributed by atoms with Crippen molar-refractivity contribution in [2.24, 2.45) is 0 Å². The summed E-state index contributed by atoms with van der Waals surface area (Å²) in [5.74, 6) is -1.03. The molecular weight excluding hydrogens is 368 g/mol. The topological polar surface area (TPSA) is 108 Å². The second-order valence-electron chi connectivity index (χ2n) is 5.97. The first-order valence-corrected chi connectivity index (χ1v) is 8.51. The van der Waals surface area contributed by atoms with Gasteiger partial charge in [0.15, 0.2) is 0 Å². The van der Waals surface area contributed by atoms with Gasteiger partial charge in [0.25, 0.3) is 5.69 Å². The average molecular weight is 386 g/mol. The molecule has 0 atom stereocenters. The number of nitro benzene ring substituents is 1. The highest BCUT2D eigenvalue weighted by molar-refractivity contribution is 5.93. The molecule has 0 saturated carbocycles. The summed E-state index contributed by atoms with van der Waals surface area (Å²) in [5, 5.41) is 11.5. The number of hydrogen-bond donors (Lipinski definition) is 0. The van der Waals surface area contributed by atoms with E-state index in [1.54, 1.807) is 6.07 Å². The molecule has 2 aromatic rings. The lowest BCUT2D eigenvalue weighted by molar-refractivity contribution is -0.384. The number of nitro groups is 1. The van der Waals surface area contributed by atoms with E-state index in [2.05, 4.69) is 4.74 Å². The molecule has 0 unspecified atom stereocenters. The van der Waals surface area contributed by atoms with E-state index in [0.29, 0.717) is 37.6 Å². The van der Waals surface area contributed by atoms with Crippen LogP contribution < -0.4 is 9.64 Å². The number of rotatable bonds is 5. The van der Waals surface area contributed by atoms with Crippen LogP contribution in [0.25, 0.3) is 0 Å². The Bertz CT molecular complexity index is 890. The zero-order chi connectivity index (χ0) is 20.1. The lowest BCUT2D eigenvalue weighted by Crippen LogP contribution is -2.36. The van der Waals surface area contributed by atoms with Crippen molar-refractivity contribution < 1.29 is 28.7 Å². The number of anilines is 1. The van der Waals surface area contributed by atoms with Crippen LogP contribution in [0.1, 0.15) is 20.7 Å². The molecule has 1 fully saturated rings. The van der Waals surface area contributed by atoms with Crippen LogP contribution in [0.4, 0.5) is 11.4 Å². The summed E-state index contributed by atoms with van der Waals surface area (Å²) in [4.78, 5) is 36.6. The summed E-state index contributed by atoms with van der Waals surface area (Å²) in [6.45, 7) is 2.05. The van der Waals surface area contributed by atoms with Crippen LogP contribution in [0.5, 0.6) is 5.75 Å². The van der Waals surface area contributed by atoms with Gasteiger partial charge in [-0.2, -0.15) is 0 Å². The van der Waals surface area contributed by atoms with E-state index in [0.717, 1.165) is 0 Å². The fourth-order valence-electron chi connectivity index (χ4n) is 2.81. The van der Waals surface area contributed by atoms with Gasteiger partial charge in [0.1, 0.15) is 11.4 Å². The maximum atomic E-state index is 12.4. The molecule has 1 aliphatic rings. The molecule has 0 aliphatic carbocycles. The van der Waals surface area contributed by atoms with Gasteiger partial charge in [-0.3, -0.25) is 10.1 Å². The Kier molecular flexibility index (Phi) is 5.85. The number of morpholine rings is 1. The molecule has 1 aliphatic heterocycles. The molecule has 28 heavy (non-hydrogen) atoms. The van der Waals surface area contributed by atoms with E-state index in [4.69, 9.17) is 9.47 Å². The number of methoxy groups -OCH3 is 1. The zero-order valence-electron chi connectivity index (χ0n) is 15.1. The first kappa shape index (κ1) is 19.3. The molecule has 3 rings (SSSR count). The third-order valence-electron chi connectivity index (χ3n) is 4.25. The van der Waals surface area contributed by atoms with Crippen molar-refractivity contribution in [1.82, 2.24) is 0 Å². The normalized spacial score (nSPS) is 13.7. The number of nitrogens with zero attached hydrogens (tertiary/aromatic N) is 2. The standard InChI is InChI=1S/C19H18N2O7/c1-26-18(22)13-2-5-15(6-3-13)28-19(23)14-4-7-16(17(12-14)21(24)25)20-8-10-27-11-9-20/h2-7,12H,8-11H2,1H3. The zero-order valence-corrected chi connectivity index (χ0v) is 15.1. The van der Waals surface area contributed by atoms with Gasteiger partial charge < -0.3 is 19.1 Å². The van der Waals surface area contributed by atoms with E-state index in [9.17, 15) is 19.7 Å². The lowest BCUT2D eigenvalue weighted by atomic mass is 10.1.